The Balaban J connectivity index is 2.41. The van der Waals surface area contributed by atoms with Crippen LogP contribution >= 0.6 is 15.9 Å². The molecule has 2 rings (SSSR count). The van der Waals surface area contributed by atoms with Gasteiger partial charge in [0.25, 0.3) is 5.56 Å². The molecule has 1 fully saturated rings. The topological polar surface area (TPSA) is 55.0 Å². The molecule has 1 aromatic heterocycles. The van der Waals surface area contributed by atoms with Crippen LogP contribution in [-0.4, -0.2) is 17.1 Å². The van der Waals surface area contributed by atoms with Crippen LogP contribution in [0.15, 0.2) is 9.27 Å². The van der Waals surface area contributed by atoms with Gasteiger partial charge < -0.3 is 9.72 Å². The van der Waals surface area contributed by atoms with Crippen molar-refractivity contribution >= 4 is 15.9 Å². The number of hydrogen-bond donors (Lipinski definition) is 1. The van der Waals surface area contributed by atoms with Crippen LogP contribution in [0.3, 0.4) is 0 Å². The van der Waals surface area contributed by atoms with E-state index in [9.17, 15) is 4.79 Å². The largest absolute Gasteiger partial charge is 0.370 e. The summed E-state index contributed by atoms with van der Waals surface area (Å²) in [7, 11) is 1.70. The second-order valence-electron chi connectivity index (χ2n) is 6.18. The monoisotopic (exact) mass is 328 g/mol. The first kappa shape index (κ1) is 14.7. The van der Waals surface area contributed by atoms with Gasteiger partial charge >= 0.3 is 0 Å². The van der Waals surface area contributed by atoms with Crippen LogP contribution < -0.4 is 5.56 Å². The number of hydrogen-bond acceptors (Lipinski definition) is 3. The molecule has 19 heavy (non-hydrogen) atoms. The molecule has 0 aromatic carbocycles. The molecule has 1 aliphatic rings. The van der Waals surface area contributed by atoms with E-state index in [1.165, 1.54) is 0 Å². The Morgan fingerprint density at radius 3 is 2.32 bits per heavy atom. The number of rotatable bonds is 2. The molecule has 1 aliphatic carbocycles. The van der Waals surface area contributed by atoms with Gasteiger partial charge in [-0.05, 0) is 54.0 Å². The Morgan fingerprint density at radius 1 is 1.26 bits per heavy atom. The van der Waals surface area contributed by atoms with E-state index in [-0.39, 0.29) is 5.56 Å². The number of ether oxygens (including phenoxy) is 1. The molecule has 5 heteroatoms. The average molecular weight is 329 g/mol. The van der Waals surface area contributed by atoms with E-state index in [2.05, 4.69) is 39.7 Å². The van der Waals surface area contributed by atoms with E-state index in [0.29, 0.717) is 21.4 Å². The molecule has 0 amide bonds. The van der Waals surface area contributed by atoms with Crippen molar-refractivity contribution in [1.82, 2.24) is 9.97 Å². The minimum atomic E-state index is -0.444. The van der Waals surface area contributed by atoms with Crippen LogP contribution in [0.25, 0.3) is 0 Å². The SMILES string of the molecule is COC1(c2nc(C)c(Br)c(=O)[nH]2)CCC(C)(C)CC1. The molecule has 1 saturated carbocycles. The van der Waals surface area contributed by atoms with Crippen molar-refractivity contribution in [2.75, 3.05) is 7.11 Å². The maximum atomic E-state index is 11.9. The number of halogens is 1. The van der Waals surface area contributed by atoms with E-state index in [1.54, 1.807) is 7.11 Å². The van der Waals surface area contributed by atoms with Crippen LogP contribution in [0, 0.1) is 12.3 Å². The molecule has 1 aromatic rings. The first-order valence-electron chi connectivity index (χ1n) is 6.62. The minimum absolute atomic E-state index is 0.135. The van der Waals surface area contributed by atoms with Crippen LogP contribution in [-0.2, 0) is 10.3 Å². The number of H-pyrrole nitrogens is 1. The van der Waals surface area contributed by atoms with Gasteiger partial charge in [0, 0.05) is 7.11 Å². The smallest absolute Gasteiger partial charge is 0.265 e. The summed E-state index contributed by atoms with van der Waals surface area (Å²) in [6.07, 6.45) is 3.92. The maximum absolute atomic E-state index is 11.9. The number of nitrogens with one attached hydrogen (secondary N) is 1. The third-order valence-corrected chi connectivity index (χ3v) is 5.20. The van der Waals surface area contributed by atoms with Gasteiger partial charge in [-0.25, -0.2) is 4.98 Å². The predicted octanol–water partition coefficient (Wildman–Crippen LogP) is 3.28. The van der Waals surface area contributed by atoms with Gasteiger partial charge in [0.1, 0.15) is 15.9 Å². The summed E-state index contributed by atoms with van der Waals surface area (Å²) < 4.78 is 6.26. The van der Waals surface area contributed by atoms with Crippen LogP contribution in [0.5, 0.6) is 0 Å². The van der Waals surface area contributed by atoms with Crippen molar-refractivity contribution in [2.45, 2.75) is 52.1 Å². The lowest BCUT2D eigenvalue weighted by Crippen LogP contribution is -2.39. The van der Waals surface area contributed by atoms with E-state index in [0.717, 1.165) is 25.7 Å². The Kier molecular flexibility index (Phi) is 3.89. The van der Waals surface area contributed by atoms with E-state index in [4.69, 9.17) is 4.74 Å². The lowest BCUT2D eigenvalue weighted by molar-refractivity contribution is -0.0732. The predicted molar refractivity (Wildman–Crippen MR) is 78.2 cm³/mol. The summed E-state index contributed by atoms with van der Waals surface area (Å²) >= 11 is 3.25. The van der Waals surface area contributed by atoms with E-state index in [1.807, 2.05) is 6.92 Å². The van der Waals surface area contributed by atoms with Crippen LogP contribution in [0.4, 0.5) is 0 Å². The lowest BCUT2D eigenvalue weighted by Gasteiger charge is -2.41. The van der Waals surface area contributed by atoms with Crippen molar-refractivity contribution in [2.24, 2.45) is 5.41 Å². The van der Waals surface area contributed by atoms with E-state index < -0.39 is 5.60 Å². The molecule has 0 atom stereocenters. The molecular weight excluding hydrogens is 308 g/mol. The summed E-state index contributed by atoms with van der Waals surface area (Å²) in [4.78, 5) is 19.3. The number of aryl methyl sites for hydroxylation is 1. The highest BCUT2D eigenvalue weighted by atomic mass is 79.9. The fraction of sp³-hybridized carbons (Fsp3) is 0.714. The standard InChI is InChI=1S/C14H21BrN2O2/c1-9-10(15)11(18)17-12(16-9)14(19-4)7-5-13(2,3)6-8-14/h5-8H2,1-4H3,(H,16,17,18). The van der Waals surface area contributed by atoms with Crippen molar-refractivity contribution in [3.05, 3.63) is 26.3 Å². The summed E-state index contributed by atoms with van der Waals surface area (Å²) in [6, 6.07) is 0. The van der Waals surface area contributed by atoms with Gasteiger partial charge in [-0.15, -0.1) is 0 Å². The number of aromatic amines is 1. The summed E-state index contributed by atoms with van der Waals surface area (Å²) in [5.41, 5.74) is 0.469. The number of methoxy groups -OCH3 is 1. The van der Waals surface area contributed by atoms with Gasteiger partial charge in [-0.1, -0.05) is 13.8 Å². The van der Waals surface area contributed by atoms with Crippen molar-refractivity contribution in [1.29, 1.82) is 0 Å². The first-order valence-corrected chi connectivity index (χ1v) is 7.41. The normalized spacial score (nSPS) is 21.3. The molecule has 0 saturated heterocycles. The third kappa shape index (κ3) is 2.77. The van der Waals surface area contributed by atoms with Crippen molar-refractivity contribution in [3.63, 3.8) is 0 Å². The minimum Gasteiger partial charge on any atom is -0.370 e. The molecule has 1 heterocycles. The lowest BCUT2D eigenvalue weighted by atomic mass is 9.70. The fourth-order valence-electron chi connectivity index (χ4n) is 2.66. The Labute approximate surface area is 122 Å². The average Bonchev–Trinajstić information content (AvgIpc) is 2.36. The molecule has 0 bridgehead atoms. The molecule has 0 radical (unpaired) electrons. The van der Waals surface area contributed by atoms with E-state index >= 15 is 0 Å². The van der Waals surface area contributed by atoms with Gasteiger partial charge in [0.2, 0.25) is 0 Å². The quantitative estimate of drug-likeness (QED) is 0.906. The highest BCUT2D eigenvalue weighted by Gasteiger charge is 2.41. The molecule has 1 N–H and O–H groups in total. The van der Waals surface area contributed by atoms with Gasteiger partial charge in [0.15, 0.2) is 0 Å². The number of nitrogens with zero attached hydrogens (tertiary/aromatic N) is 1. The second kappa shape index (κ2) is 5.02. The van der Waals surface area contributed by atoms with Crippen molar-refractivity contribution in [3.8, 4) is 0 Å². The summed E-state index contributed by atoms with van der Waals surface area (Å²) in [5, 5.41) is 0. The molecule has 4 nitrogen and oxygen atoms in total. The maximum Gasteiger partial charge on any atom is 0.265 e. The first-order chi connectivity index (χ1) is 8.80. The van der Waals surface area contributed by atoms with Gasteiger partial charge in [-0.2, -0.15) is 0 Å². The fourth-order valence-corrected chi connectivity index (χ4v) is 2.84. The van der Waals surface area contributed by atoms with Gasteiger partial charge in [-0.3, -0.25) is 4.79 Å². The van der Waals surface area contributed by atoms with Crippen molar-refractivity contribution < 1.29 is 4.74 Å². The molecule has 106 valence electrons. The summed E-state index contributed by atoms with van der Waals surface area (Å²) in [5.74, 6) is 0.663. The zero-order chi connectivity index (χ0) is 14.3. The second-order valence-corrected chi connectivity index (χ2v) is 6.97. The highest BCUT2D eigenvalue weighted by molar-refractivity contribution is 9.10. The molecule has 0 unspecified atom stereocenters. The third-order valence-electron chi connectivity index (χ3n) is 4.26. The number of aromatic nitrogens is 2. The summed E-state index contributed by atoms with van der Waals surface area (Å²) in [6.45, 7) is 6.38. The highest BCUT2D eigenvalue weighted by Crippen LogP contribution is 2.45. The molecular formula is C14H21BrN2O2. The zero-order valence-electron chi connectivity index (χ0n) is 12.0. The Hall–Kier alpha value is -0.680. The van der Waals surface area contributed by atoms with Crippen LogP contribution in [0.2, 0.25) is 0 Å². The zero-order valence-corrected chi connectivity index (χ0v) is 13.6. The van der Waals surface area contributed by atoms with Gasteiger partial charge in [0.05, 0.1) is 5.69 Å². The Bertz CT molecular complexity index is 527. The molecule has 0 spiro atoms. The Morgan fingerprint density at radius 2 is 1.84 bits per heavy atom. The molecule has 0 aliphatic heterocycles. The van der Waals surface area contributed by atoms with Crippen LogP contribution in [0.1, 0.15) is 51.0 Å².